The van der Waals surface area contributed by atoms with E-state index in [0.29, 0.717) is 0 Å². The molecule has 2 aromatic carbocycles. The van der Waals surface area contributed by atoms with Crippen molar-refractivity contribution in [2.24, 2.45) is 0 Å². The molecule has 3 rings (SSSR count). The molecule has 0 radical (unpaired) electrons. The molecule has 0 aliphatic rings. The maximum absolute atomic E-state index is 12.8. The third-order valence-electron chi connectivity index (χ3n) is 3.06. The average Bonchev–Trinajstić information content (AvgIpc) is 2.80. The Hall–Kier alpha value is -2.27. The molecule has 0 saturated heterocycles. The molecule has 0 unspecified atom stereocenters. The second-order valence-electron chi connectivity index (χ2n) is 4.77. The van der Waals surface area contributed by atoms with Gasteiger partial charge in [-0.2, -0.15) is 0 Å². The summed E-state index contributed by atoms with van der Waals surface area (Å²) in [6.45, 7) is 1.96. The smallest absolute Gasteiger partial charge is 0.228 e. The SMILES string of the molecule is Cc1nc2ccc(NC(=O)Cc3ccc(F)cc3)cc2s1. The van der Waals surface area contributed by atoms with Gasteiger partial charge in [-0.15, -0.1) is 11.3 Å². The quantitative estimate of drug-likeness (QED) is 0.796. The molecule has 1 N–H and O–H groups in total. The molecule has 0 aliphatic heterocycles. The van der Waals surface area contributed by atoms with Gasteiger partial charge in [0.15, 0.2) is 0 Å². The van der Waals surface area contributed by atoms with Gasteiger partial charge in [-0.25, -0.2) is 9.37 Å². The third kappa shape index (κ3) is 3.25. The van der Waals surface area contributed by atoms with Crippen LogP contribution in [-0.4, -0.2) is 10.9 Å². The minimum atomic E-state index is -0.301. The van der Waals surface area contributed by atoms with E-state index in [1.165, 1.54) is 12.1 Å². The number of thiazole rings is 1. The largest absolute Gasteiger partial charge is 0.326 e. The van der Waals surface area contributed by atoms with Crippen molar-refractivity contribution in [3.63, 3.8) is 0 Å². The van der Waals surface area contributed by atoms with Crippen LogP contribution in [0.5, 0.6) is 0 Å². The summed E-state index contributed by atoms with van der Waals surface area (Å²) in [5.41, 5.74) is 2.47. The molecule has 3 nitrogen and oxygen atoms in total. The first-order valence-corrected chi connectivity index (χ1v) is 7.33. The number of nitrogens with zero attached hydrogens (tertiary/aromatic N) is 1. The number of rotatable bonds is 3. The summed E-state index contributed by atoms with van der Waals surface area (Å²) in [5, 5.41) is 3.85. The zero-order valence-electron chi connectivity index (χ0n) is 11.4. The molecular formula is C16H13FN2OS. The van der Waals surface area contributed by atoms with Crippen molar-refractivity contribution in [2.75, 3.05) is 5.32 Å². The van der Waals surface area contributed by atoms with E-state index < -0.39 is 0 Å². The number of nitrogens with one attached hydrogen (secondary N) is 1. The van der Waals surface area contributed by atoms with Crippen LogP contribution >= 0.6 is 11.3 Å². The zero-order chi connectivity index (χ0) is 14.8. The Labute approximate surface area is 125 Å². The van der Waals surface area contributed by atoms with E-state index in [-0.39, 0.29) is 18.1 Å². The summed E-state index contributed by atoms with van der Waals surface area (Å²) < 4.78 is 13.9. The molecule has 0 saturated carbocycles. The van der Waals surface area contributed by atoms with Gasteiger partial charge in [-0.1, -0.05) is 12.1 Å². The number of hydrogen-bond acceptors (Lipinski definition) is 3. The van der Waals surface area contributed by atoms with Crippen molar-refractivity contribution in [2.45, 2.75) is 13.3 Å². The molecule has 21 heavy (non-hydrogen) atoms. The summed E-state index contributed by atoms with van der Waals surface area (Å²) in [6.07, 6.45) is 0.222. The van der Waals surface area contributed by atoms with Gasteiger partial charge in [-0.3, -0.25) is 4.79 Å². The van der Waals surface area contributed by atoms with Crippen LogP contribution in [0.3, 0.4) is 0 Å². The molecule has 3 aromatic rings. The van der Waals surface area contributed by atoms with E-state index >= 15 is 0 Å². The number of benzene rings is 2. The monoisotopic (exact) mass is 300 g/mol. The number of hydrogen-bond donors (Lipinski definition) is 1. The third-order valence-corrected chi connectivity index (χ3v) is 3.99. The van der Waals surface area contributed by atoms with Crippen LogP contribution in [0.4, 0.5) is 10.1 Å². The van der Waals surface area contributed by atoms with Gasteiger partial charge < -0.3 is 5.32 Å². The van der Waals surface area contributed by atoms with Crippen LogP contribution in [0.1, 0.15) is 10.6 Å². The highest BCUT2D eigenvalue weighted by molar-refractivity contribution is 7.18. The molecule has 0 bridgehead atoms. The van der Waals surface area contributed by atoms with Crippen LogP contribution in [-0.2, 0) is 11.2 Å². The Kier molecular flexibility index (Phi) is 3.66. The fraction of sp³-hybridized carbons (Fsp3) is 0.125. The molecule has 0 atom stereocenters. The first kappa shape index (κ1) is 13.7. The number of halogens is 1. The van der Waals surface area contributed by atoms with Gasteiger partial charge in [0, 0.05) is 5.69 Å². The molecule has 0 spiro atoms. The standard InChI is InChI=1S/C16H13FN2OS/c1-10-18-14-7-6-13(9-15(14)21-10)19-16(20)8-11-2-4-12(17)5-3-11/h2-7,9H,8H2,1H3,(H,19,20). The number of carbonyl (C=O) groups is 1. The summed E-state index contributed by atoms with van der Waals surface area (Å²) in [5.74, 6) is -0.424. The van der Waals surface area contributed by atoms with Crippen molar-refractivity contribution in [3.8, 4) is 0 Å². The van der Waals surface area contributed by atoms with E-state index in [1.54, 1.807) is 23.5 Å². The van der Waals surface area contributed by atoms with Gasteiger partial charge in [0.1, 0.15) is 5.82 Å². The van der Waals surface area contributed by atoms with E-state index in [1.807, 2.05) is 25.1 Å². The van der Waals surface area contributed by atoms with Gasteiger partial charge in [0.05, 0.1) is 21.6 Å². The fourth-order valence-electron chi connectivity index (χ4n) is 2.11. The van der Waals surface area contributed by atoms with E-state index in [0.717, 1.165) is 26.5 Å². The minimum Gasteiger partial charge on any atom is -0.326 e. The lowest BCUT2D eigenvalue weighted by molar-refractivity contribution is -0.115. The molecule has 0 aliphatic carbocycles. The molecule has 1 amide bonds. The van der Waals surface area contributed by atoms with Crippen LogP contribution in [0, 0.1) is 12.7 Å². The van der Waals surface area contributed by atoms with Gasteiger partial charge in [0.25, 0.3) is 0 Å². The second kappa shape index (κ2) is 5.61. The Morgan fingerprint density at radius 3 is 2.76 bits per heavy atom. The zero-order valence-corrected chi connectivity index (χ0v) is 12.2. The second-order valence-corrected chi connectivity index (χ2v) is 6.00. The van der Waals surface area contributed by atoms with E-state index in [4.69, 9.17) is 0 Å². The van der Waals surface area contributed by atoms with Crippen molar-refractivity contribution in [1.82, 2.24) is 4.98 Å². The normalized spacial score (nSPS) is 10.8. The fourth-order valence-corrected chi connectivity index (χ4v) is 2.98. The van der Waals surface area contributed by atoms with Gasteiger partial charge in [0.2, 0.25) is 5.91 Å². The molecule has 106 valence electrons. The number of fused-ring (bicyclic) bond motifs is 1. The van der Waals surface area contributed by atoms with Crippen LogP contribution in [0.25, 0.3) is 10.2 Å². The lowest BCUT2D eigenvalue weighted by Crippen LogP contribution is -2.14. The number of carbonyl (C=O) groups excluding carboxylic acids is 1. The predicted octanol–water partition coefficient (Wildman–Crippen LogP) is 3.93. The maximum atomic E-state index is 12.8. The number of aryl methyl sites for hydroxylation is 1. The summed E-state index contributed by atoms with van der Waals surface area (Å²) in [4.78, 5) is 16.4. The number of amides is 1. The molecular weight excluding hydrogens is 287 g/mol. The summed E-state index contributed by atoms with van der Waals surface area (Å²) >= 11 is 1.59. The Bertz CT molecular complexity index is 796. The topological polar surface area (TPSA) is 42.0 Å². The Balaban J connectivity index is 1.71. The van der Waals surface area contributed by atoms with Crippen molar-refractivity contribution in [3.05, 3.63) is 58.9 Å². The summed E-state index contributed by atoms with van der Waals surface area (Å²) in [7, 11) is 0. The first-order valence-electron chi connectivity index (χ1n) is 6.52. The van der Waals surface area contributed by atoms with Crippen molar-refractivity contribution < 1.29 is 9.18 Å². The first-order chi connectivity index (χ1) is 10.1. The lowest BCUT2D eigenvalue weighted by atomic mass is 10.1. The van der Waals surface area contributed by atoms with Crippen molar-refractivity contribution in [1.29, 1.82) is 0 Å². The summed E-state index contributed by atoms with van der Waals surface area (Å²) in [6, 6.07) is 11.6. The lowest BCUT2D eigenvalue weighted by Gasteiger charge is -2.05. The number of aromatic nitrogens is 1. The number of anilines is 1. The average molecular weight is 300 g/mol. The Morgan fingerprint density at radius 2 is 2.00 bits per heavy atom. The molecule has 0 fully saturated rings. The predicted molar refractivity (Wildman–Crippen MR) is 83.1 cm³/mol. The maximum Gasteiger partial charge on any atom is 0.228 e. The van der Waals surface area contributed by atoms with Crippen LogP contribution in [0.2, 0.25) is 0 Å². The molecule has 1 aromatic heterocycles. The minimum absolute atomic E-state index is 0.123. The van der Waals surface area contributed by atoms with E-state index in [2.05, 4.69) is 10.3 Å². The van der Waals surface area contributed by atoms with E-state index in [9.17, 15) is 9.18 Å². The highest BCUT2D eigenvalue weighted by Gasteiger charge is 2.06. The van der Waals surface area contributed by atoms with Crippen LogP contribution in [0.15, 0.2) is 42.5 Å². The molecule has 5 heteroatoms. The van der Waals surface area contributed by atoms with Gasteiger partial charge in [-0.05, 0) is 42.8 Å². The molecule has 1 heterocycles. The van der Waals surface area contributed by atoms with Crippen LogP contribution < -0.4 is 5.32 Å². The highest BCUT2D eigenvalue weighted by Crippen LogP contribution is 2.24. The van der Waals surface area contributed by atoms with Crippen molar-refractivity contribution >= 4 is 33.1 Å². The Morgan fingerprint density at radius 1 is 1.24 bits per heavy atom. The highest BCUT2D eigenvalue weighted by atomic mass is 32.1. The van der Waals surface area contributed by atoms with Gasteiger partial charge >= 0.3 is 0 Å².